The number of rotatable bonds is 3. The van der Waals surface area contributed by atoms with E-state index in [1.807, 2.05) is 54.9 Å². The molecular formula is C15H16N2O. The monoisotopic (exact) mass is 240 g/mol. The van der Waals surface area contributed by atoms with Gasteiger partial charge in [0, 0.05) is 12.7 Å². The van der Waals surface area contributed by atoms with Gasteiger partial charge in [-0.25, -0.2) is 0 Å². The molecule has 2 aromatic rings. The van der Waals surface area contributed by atoms with Gasteiger partial charge in [-0.1, -0.05) is 31.2 Å². The molecule has 1 N–H and O–H groups in total. The van der Waals surface area contributed by atoms with Gasteiger partial charge in [0.05, 0.1) is 6.10 Å². The van der Waals surface area contributed by atoms with Gasteiger partial charge in [0.2, 0.25) is 0 Å². The lowest BCUT2D eigenvalue weighted by Crippen LogP contribution is -1.96. The lowest BCUT2D eigenvalue weighted by atomic mass is 10.0. The zero-order valence-corrected chi connectivity index (χ0v) is 10.6. The maximum atomic E-state index is 9.74. The van der Waals surface area contributed by atoms with Gasteiger partial charge in [0.25, 0.3) is 0 Å². The molecule has 1 heterocycles. The molecule has 0 aliphatic rings. The average molecular weight is 240 g/mol. The molecule has 1 aromatic heterocycles. The van der Waals surface area contributed by atoms with E-state index in [1.165, 1.54) is 0 Å². The fourth-order valence-electron chi connectivity index (χ4n) is 2.03. The molecule has 0 bridgehead atoms. The fraction of sp³-hybridized carbons (Fsp3) is 0.267. The zero-order chi connectivity index (χ0) is 13.1. The summed E-state index contributed by atoms with van der Waals surface area (Å²) in [6.45, 7) is 1.95. The topological polar surface area (TPSA) is 48.9 Å². The van der Waals surface area contributed by atoms with Crippen LogP contribution >= 0.6 is 0 Å². The predicted molar refractivity (Wildman–Crippen MR) is 70.8 cm³/mol. The lowest BCUT2D eigenvalue weighted by Gasteiger charge is -2.09. The summed E-state index contributed by atoms with van der Waals surface area (Å²) in [5.74, 6) is 0. The van der Waals surface area contributed by atoms with Crippen LogP contribution in [0.4, 0.5) is 0 Å². The molecule has 3 heteroatoms. The number of hydrogen-bond donors (Lipinski definition) is 1. The zero-order valence-electron chi connectivity index (χ0n) is 10.6. The van der Waals surface area contributed by atoms with E-state index >= 15 is 0 Å². The third kappa shape index (κ3) is 2.15. The summed E-state index contributed by atoms with van der Waals surface area (Å²) in [6, 6.07) is 13.7. The Labute approximate surface area is 107 Å². The second-order valence-corrected chi connectivity index (χ2v) is 4.32. The van der Waals surface area contributed by atoms with Crippen LogP contribution in [0.1, 0.15) is 30.7 Å². The van der Waals surface area contributed by atoms with E-state index in [2.05, 4.69) is 6.07 Å². The van der Waals surface area contributed by atoms with Crippen molar-refractivity contribution in [1.82, 2.24) is 4.57 Å². The first-order chi connectivity index (χ1) is 8.67. The number of nitrogens with zero attached hydrogens (tertiary/aromatic N) is 2. The van der Waals surface area contributed by atoms with Crippen LogP contribution in [0.5, 0.6) is 0 Å². The highest BCUT2D eigenvalue weighted by molar-refractivity contribution is 5.62. The number of hydrogen-bond acceptors (Lipinski definition) is 2. The Morgan fingerprint density at radius 2 is 1.89 bits per heavy atom. The van der Waals surface area contributed by atoms with Crippen LogP contribution in [0, 0.1) is 11.3 Å². The van der Waals surface area contributed by atoms with E-state index in [-0.39, 0.29) is 0 Å². The van der Waals surface area contributed by atoms with E-state index in [0.717, 1.165) is 16.8 Å². The van der Waals surface area contributed by atoms with Gasteiger partial charge < -0.3 is 9.67 Å². The van der Waals surface area contributed by atoms with Crippen LogP contribution in [0.2, 0.25) is 0 Å². The van der Waals surface area contributed by atoms with Gasteiger partial charge >= 0.3 is 0 Å². The number of aliphatic hydroxyl groups is 1. The maximum Gasteiger partial charge on any atom is 0.120 e. The smallest absolute Gasteiger partial charge is 0.120 e. The van der Waals surface area contributed by atoms with Crippen LogP contribution in [0.25, 0.3) is 11.3 Å². The summed E-state index contributed by atoms with van der Waals surface area (Å²) in [6.07, 6.45) is 0.310. The van der Waals surface area contributed by atoms with Crippen molar-refractivity contribution in [2.45, 2.75) is 19.4 Å². The molecule has 18 heavy (non-hydrogen) atoms. The van der Waals surface area contributed by atoms with Crippen molar-refractivity contribution in [3.05, 3.63) is 47.7 Å². The summed E-state index contributed by atoms with van der Waals surface area (Å²) in [5.41, 5.74) is 3.62. The molecule has 0 saturated heterocycles. The molecule has 0 saturated carbocycles. The lowest BCUT2D eigenvalue weighted by molar-refractivity contribution is 0.173. The molecule has 92 valence electrons. The van der Waals surface area contributed by atoms with Crippen molar-refractivity contribution in [2.75, 3.05) is 0 Å². The number of nitriles is 1. The largest absolute Gasteiger partial charge is 0.388 e. The standard InChI is InChI=1S/C15H16N2O/c1-3-15(18)12-6-4-11(5-7-12)14-9-8-13(10-16)17(14)2/h4-9,15,18H,3H2,1-2H3/t15-/m0/s1. The second-order valence-electron chi connectivity index (χ2n) is 4.32. The van der Waals surface area contributed by atoms with Gasteiger partial charge in [-0.3, -0.25) is 0 Å². The van der Waals surface area contributed by atoms with Crippen molar-refractivity contribution in [3.63, 3.8) is 0 Å². The molecule has 2 rings (SSSR count). The van der Waals surface area contributed by atoms with Crippen molar-refractivity contribution >= 4 is 0 Å². The molecular weight excluding hydrogens is 224 g/mol. The normalized spacial score (nSPS) is 12.1. The first-order valence-electron chi connectivity index (χ1n) is 6.01. The highest BCUT2D eigenvalue weighted by atomic mass is 16.3. The highest BCUT2D eigenvalue weighted by Gasteiger charge is 2.08. The molecule has 0 fully saturated rings. The number of aromatic nitrogens is 1. The van der Waals surface area contributed by atoms with Crippen LogP contribution in [-0.4, -0.2) is 9.67 Å². The van der Waals surface area contributed by atoms with Crippen molar-refractivity contribution in [2.24, 2.45) is 7.05 Å². The molecule has 0 radical (unpaired) electrons. The maximum absolute atomic E-state index is 9.74. The summed E-state index contributed by atoms with van der Waals surface area (Å²) < 4.78 is 1.87. The molecule has 0 amide bonds. The van der Waals surface area contributed by atoms with Gasteiger partial charge in [-0.15, -0.1) is 0 Å². The fourth-order valence-corrected chi connectivity index (χ4v) is 2.03. The Bertz CT molecular complexity index is 576. The molecule has 1 aromatic carbocycles. The Morgan fingerprint density at radius 3 is 2.39 bits per heavy atom. The van der Waals surface area contributed by atoms with Crippen molar-refractivity contribution in [1.29, 1.82) is 5.26 Å². The number of benzene rings is 1. The minimum Gasteiger partial charge on any atom is -0.388 e. The third-order valence-electron chi connectivity index (χ3n) is 3.21. The Kier molecular flexibility index (Phi) is 3.50. The summed E-state index contributed by atoms with van der Waals surface area (Å²) in [5, 5.41) is 18.7. The van der Waals surface area contributed by atoms with E-state index in [4.69, 9.17) is 5.26 Å². The Hall–Kier alpha value is -2.05. The van der Waals surface area contributed by atoms with Crippen LogP contribution < -0.4 is 0 Å². The van der Waals surface area contributed by atoms with Crippen LogP contribution in [0.3, 0.4) is 0 Å². The SMILES string of the molecule is CC[C@H](O)c1ccc(-c2ccc(C#N)n2C)cc1. The van der Waals surface area contributed by atoms with Crippen molar-refractivity contribution < 1.29 is 5.11 Å². The first-order valence-corrected chi connectivity index (χ1v) is 6.01. The van der Waals surface area contributed by atoms with Gasteiger partial charge in [0.15, 0.2) is 0 Å². The van der Waals surface area contributed by atoms with E-state index in [9.17, 15) is 5.11 Å². The quantitative estimate of drug-likeness (QED) is 0.896. The minimum absolute atomic E-state index is 0.401. The van der Waals surface area contributed by atoms with E-state index in [1.54, 1.807) is 0 Å². The average Bonchev–Trinajstić information content (AvgIpc) is 2.79. The molecule has 0 unspecified atom stereocenters. The van der Waals surface area contributed by atoms with Crippen LogP contribution in [0.15, 0.2) is 36.4 Å². The Balaban J connectivity index is 2.35. The summed E-state index contributed by atoms with van der Waals surface area (Å²) in [4.78, 5) is 0. The first kappa shape index (κ1) is 12.4. The predicted octanol–water partition coefficient (Wildman–Crippen LogP) is 3.01. The van der Waals surface area contributed by atoms with Crippen LogP contribution in [-0.2, 0) is 7.05 Å². The van der Waals surface area contributed by atoms with E-state index < -0.39 is 6.10 Å². The van der Waals surface area contributed by atoms with Gasteiger partial charge in [-0.2, -0.15) is 5.26 Å². The van der Waals surface area contributed by atoms with Gasteiger partial charge in [0.1, 0.15) is 11.8 Å². The molecule has 0 aliphatic heterocycles. The molecule has 1 atom stereocenters. The highest BCUT2D eigenvalue weighted by Crippen LogP contribution is 2.24. The van der Waals surface area contributed by atoms with E-state index in [0.29, 0.717) is 12.1 Å². The molecule has 0 spiro atoms. The number of aliphatic hydroxyl groups excluding tert-OH is 1. The molecule has 3 nitrogen and oxygen atoms in total. The summed E-state index contributed by atoms with van der Waals surface area (Å²) >= 11 is 0. The summed E-state index contributed by atoms with van der Waals surface area (Å²) in [7, 11) is 1.88. The molecule has 0 aliphatic carbocycles. The van der Waals surface area contributed by atoms with Gasteiger partial charge in [-0.05, 0) is 29.7 Å². The third-order valence-corrected chi connectivity index (χ3v) is 3.21. The Morgan fingerprint density at radius 1 is 1.22 bits per heavy atom. The minimum atomic E-state index is -0.401. The van der Waals surface area contributed by atoms with Crippen molar-refractivity contribution in [3.8, 4) is 17.3 Å². The second kappa shape index (κ2) is 5.07.